The maximum Gasteiger partial charge on any atom is 0.189 e. The summed E-state index contributed by atoms with van der Waals surface area (Å²) in [6.45, 7) is 19.3. The van der Waals surface area contributed by atoms with E-state index >= 15 is 0 Å². The van der Waals surface area contributed by atoms with Gasteiger partial charge in [-0.1, -0.05) is 135 Å². The first-order valence-electron chi connectivity index (χ1n) is 13.6. The third-order valence-electron chi connectivity index (χ3n) is 7.46. The van der Waals surface area contributed by atoms with Crippen molar-refractivity contribution in [3.8, 4) is 0 Å². The van der Waals surface area contributed by atoms with E-state index in [0.29, 0.717) is 11.4 Å². The maximum atomic E-state index is 12.6. The van der Waals surface area contributed by atoms with Crippen LogP contribution in [0.1, 0.15) is 102 Å². The lowest BCUT2D eigenvalue weighted by Gasteiger charge is -2.45. The molecule has 1 aliphatic rings. The van der Waals surface area contributed by atoms with Crippen molar-refractivity contribution in [1.82, 2.24) is 5.32 Å². The molecule has 1 heterocycles. The highest BCUT2D eigenvalue weighted by Gasteiger charge is 2.49. The molecule has 0 saturated heterocycles. The molecule has 0 radical (unpaired) electrons. The van der Waals surface area contributed by atoms with E-state index in [1.165, 1.54) is 0 Å². The molecule has 3 N–H and O–H groups in total. The molecule has 2 atom stereocenters. The predicted molar refractivity (Wildman–Crippen MR) is 158 cm³/mol. The molecule has 0 aliphatic carbocycles. The van der Waals surface area contributed by atoms with E-state index in [0.717, 1.165) is 27.8 Å². The maximum absolute atomic E-state index is 12.6. The Bertz CT molecular complexity index is 1350. The average molecular weight is 513 g/mol. The van der Waals surface area contributed by atoms with Gasteiger partial charge in [-0.3, -0.25) is 0 Å². The van der Waals surface area contributed by atoms with Crippen molar-refractivity contribution in [1.29, 1.82) is 0 Å². The molecule has 4 heteroatoms. The van der Waals surface area contributed by atoms with Crippen LogP contribution in [0, 0.1) is 0 Å². The SMILES string of the molecule is CC(C)(C)c1ccccc1C1=NC(O)(c2ccccc2C(C)(C)C)CC(O)(c2ccccc2C(C)(C)C)N1. The molecular weight excluding hydrogens is 468 g/mol. The van der Waals surface area contributed by atoms with Crippen LogP contribution in [0.15, 0.2) is 77.8 Å². The first-order valence-corrected chi connectivity index (χ1v) is 13.6. The smallest absolute Gasteiger partial charge is 0.189 e. The van der Waals surface area contributed by atoms with Crippen LogP contribution in [0.3, 0.4) is 0 Å². The van der Waals surface area contributed by atoms with E-state index < -0.39 is 11.4 Å². The number of amidine groups is 1. The van der Waals surface area contributed by atoms with E-state index in [-0.39, 0.29) is 22.7 Å². The zero-order valence-corrected chi connectivity index (χ0v) is 24.5. The number of hydrogen-bond donors (Lipinski definition) is 3. The molecule has 0 saturated carbocycles. The van der Waals surface area contributed by atoms with Gasteiger partial charge in [0.15, 0.2) is 11.4 Å². The quantitative estimate of drug-likeness (QED) is 0.354. The molecule has 4 nitrogen and oxygen atoms in total. The van der Waals surface area contributed by atoms with Crippen molar-refractivity contribution in [2.24, 2.45) is 4.99 Å². The molecular formula is C34H44N2O2. The lowest BCUT2D eigenvalue weighted by atomic mass is 9.75. The van der Waals surface area contributed by atoms with Crippen molar-refractivity contribution in [2.75, 3.05) is 0 Å². The molecule has 202 valence electrons. The van der Waals surface area contributed by atoms with Gasteiger partial charge in [-0.05, 0) is 32.9 Å². The summed E-state index contributed by atoms with van der Waals surface area (Å²) in [7, 11) is 0. The monoisotopic (exact) mass is 512 g/mol. The fourth-order valence-electron chi connectivity index (χ4n) is 5.62. The van der Waals surface area contributed by atoms with Crippen LogP contribution in [-0.2, 0) is 27.7 Å². The van der Waals surface area contributed by atoms with Crippen LogP contribution in [0.2, 0.25) is 0 Å². The minimum absolute atomic E-state index is 0.0264. The minimum Gasteiger partial charge on any atom is -0.367 e. The van der Waals surface area contributed by atoms with Gasteiger partial charge in [0, 0.05) is 16.7 Å². The molecule has 4 rings (SSSR count). The number of aliphatic hydroxyl groups is 2. The van der Waals surface area contributed by atoms with E-state index in [9.17, 15) is 10.2 Å². The van der Waals surface area contributed by atoms with E-state index in [4.69, 9.17) is 4.99 Å². The second-order valence-corrected chi connectivity index (χ2v) is 13.8. The van der Waals surface area contributed by atoms with Gasteiger partial charge < -0.3 is 15.5 Å². The number of aliphatic imine (C=N–C) groups is 1. The van der Waals surface area contributed by atoms with Gasteiger partial charge in [-0.2, -0.15) is 0 Å². The summed E-state index contributed by atoms with van der Waals surface area (Å²) < 4.78 is 0. The summed E-state index contributed by atoms with van der Waals surface area (Å²) in [6, 6.07) is 24.0. The Kier molecular flexibility index (Phi) is 6.91. The summed E-state index contributed by atoms with van der Waals surface area (Å²) in [5.41, 5.74) is 1.62. The Labute approximate surface area is 228 Å². The fourth-order valence-corrected chi connectivity index (χ4v) is 5.62. The largest absolute Gasteiger partial charge is 0.367 e. The normalized spacial score (nSPS) is 22.6. The van der Waals surface area contributed by atoms with Gasteiger partial charge in [0.05, 0.1) is 6.42 Å². The van der Waals surface area contributed by atoms with Crippen LogP contribution in [0.4, 0.5) is 0 Å². The Hall–Kier alpha value is -2.95. The van der Waals surface area contributed by atoms with Gasteiger partial charge in [0.2, 0.25) is 0 Å². The number of rotatable bonds is 3. The van der Waals surface area contributed by atoms with Crippen LogP contribution in [0.5, 0.6) is 0 Å². The van der Waals surface area contributed by atoms with E-state index in [2.05, 4.69) is 85.8 Å². The standard InChI is InChI=1S/C34H44N2O2/c1-30(2,3)24-17-11-10-16-23(24)29-35-33(37,27-20-14-12-18-25(27)31(4,5)6)22-34(38,36-29)28-21-15-13-19-26(28)32(7,8)9/h10-21,37-38H,22H2,1-9H3,(H,35,36). The molecule has 1 aliphatic heterocycles. The fraction of sp³-hybridized carbons (Fsp3) is 0.441. The van der Waals surface area contributed by atoms with E-state index in [1.807, 2.05) is 54.6 Å². The molecule has 0 spiro atoms. The van der Waals surface area contributed by atoms with Gasteiger partial charge in [0.25, 0.3) is 0 Å². The highest BCUT2D eigenvalue weighted by Crippen LogP contribution is 2.45. The Morgan fingerprint density at radius 3 is 1.55 bits per heavy atom. The molecule has 0 amide bonds. The number of nitrogens with zero attached hydrogens (tertiary/aromatic N) is 1. The van der Waals surface area contributed by atoms with Crippen LogP contribution < -0.4 is 5.32 Å². The molecule has 3 aromatic carbocycles. The van der Waals surface area contributed by atoms with Gasteiger partial charge >= 0.3 is 0 Å². The summed E-state index contributed by atoms with van der Waals surface area (Å²) in [4.78, 5) is 5.02. The number of nitrogens with one attached hydrogen (secondary N) is 1. The zero-order valence-electron chi connectivity index (χ0n) is 24.5. The zero-order chi connectivity index (χ0) is 28.1. The molecule has 38 heavy (non-hydrogen) atoms. The Balaban J connectivity index is 2.03. The van der Waals surface area contributed by atoms with E-state index in [1.54, 1.807) is 0 Å². The summed E-state index contributed by atoms with van der Waals surface area (Å²) in [5.74, 6) is 0.485. The summed E-state index contributed by atoms with van der Waals surface area (Å²) in [5, 5.41) is 28.5. The number of benzene rings is 3. The first-order chi connectivity index (χ1) is 17.5. The minimum atomic E-state index is -1.66. The van der Waals surface area contributed by atoms with Gasteiger partial charge in [-0.15, -0.1) is 0 Å². The van der Waals surface area contributed by atoms with Crippen molar-refractivity contribution in [3.63, 3.8) is 0 Å². The highest BCUT2D eigenvalue weighted by molar-refractivity contribution is 6.01. The average Bonchev–Trinajstić information content (AvgIpc) is 2.82. The van der Waals surface area contributed by atoms with Crippen molar-refractivity contribution >= 4 is 5.84 Å². The van der Waals surface area contributed by atoms with Gasteiger partial charge in [-0.25, -0.2) is 4.99 Å². The lowest BCUT2D eigenvalue weighted by Crippen LogP contribution is -2.56. The molecule has 2 unspecified atom stereocenters. The molecule has 0 aromatic heterocycles. The predicted octanol–water partition coefficient (Wildman–Crippen LogP) is 7.01. The third kappa shape index (κ3) is 5.30. The van der Waals surface area contributed by atoms with Crippen LogP contribution in [0.25, 0.3) is 0 Å². The molecule has 0 bridgehead atoms. The topological polar surface area (TPSA) is 64.9 Å². The van der Waals surface area contributed by atoms with Crippen LogP contribution in [-0.4, -0.2) is 16.0 Å². The van der Waals surface area contributed by atoms with Gasteiger partial charge in [0.1, 0.15) is 5.84 Å². The Morgan fingerprint density at radius 2 is 1.03 bits per heavy atom. The molecule has 3 aromatic rings. The number of hydrogen-bond acceptors (Lipinski definition) is 4. The Morgan fingerprint density at radius 1 is 0.605 bits per heavy atom. The van der Waals surface area contributed by atoms with Crippen molar-refractivity contribution in [3.05, 3.63) is 106 Å². The third-order valence-corrected chi connectivity index (χ3v) is 7.46. The second kappa shape index (κ2) is 9.36. The van der Waals surface area contributed by atoms with Crippen LogP contribution >= 0.6 is 0 Å². The summed E-state index contributed by atoms with van der Waals surface area (Å²) in [6.07, 6.45) is -0.0264. The second-order valence-electron chi connectivity index (χ2n) is 13.8. The first kappa shape index (κ1) is 28.1. The lowest BCUT2D eigenvalue weighted by molar-refractivity contribution is -0.0888. The molecule has 0 fully saturated rings. The van der Waals surface area contributed by atoms with Crippen molar-refractivity contribution < 1.29 is 10.2 Å². The highest BCUT2D eigenvalue weighted by atomic mass is 16.3. The summed E-state index contributed by atoms with van der Waals surface area (Å²) >= 11 is 0. The van der Waals surface area contributed by atoms with Crippen molar-refractivity contribution in [2.45, 2.75) is 96.4 Å².